The lowest BCUT2D eigenvalue weighted by molar-refractivity contribution is -0.111. The first-order valence-corrected chi connectivity index (χ1v) is 6.31. The maximum absolute atomic E-state index is 11.6. The normalized spacial score (nSPS) is 10.2. The molecule has 0 saturated heterocycles. The number of benzene rings is 1. The molecule has 0 aliphatic carbocycles. The van der Waals surface area contributed by atoms with Crippen molar-refractivity contribution in [2.45, 2.75) is 13.8 Å². The molecule has 1 aromatic rings. The number of rotatable bonds is 6. The predicted octanol–water partition coefficient (Wildman–Crippen LogP) is 2.53. The Morgan fingerprint density at radius 3 is 2.74 bits per heavy atom. The van der Waals surface area contributed by atoms with E-state index in [1.54, 1.807) is 6.08 Å². The smallest absolute Gasteiger partial charge is 0.248 e. The maximum atomic E-state index is 11.6. The number of likely N-dealkylation sites (N-methyl/N-ethyl adjacent to an activating group) is 1. The molecule has 0 spiro atoms. The SMILES string of the molecule is CC(C)=CC(=O)Nc1cccc(OCCN(C)C)c1. The Balaban J connectivity index is 2.57. The number of amides is 1. The Kier molecular flexibility index (Phi) is 6.09. The van der Waals surface area contributed by atoms with Crippen molar-refractivity contribution in [3.05, 3.63) is 35.9 Å². The quantitative estimate of drug-likeness (QED) is 0.801. The van der Waals surface area contributed by atoms with Crippen LogP contribution in [0.1, 0.15) is 13.8 Å². The van der Waals surface area contributed by atoms with Crippen molar-refractivity contribution < 1.29 is 9.53 Å². The monoisotopic (exact) mass is 262 g/mol. The molecular formula is C15H22N2O2. The largest absolute Gasteiger partial charge is 0.492 e. The van der Waals surface area contributed by atoms with E-state index in [4.69, 9.17) is 4.74 Å². The summed E-state index contributed by atoms with van der Waals surface area (Å²) in [6, 6.07) is 7.41. The molecule has 1 N–H and O–H groups in total. The molecule has 4 nitrogen and oxygen atoms in total. The average molecular weight is 262 g/mol. The van der Waals surface area contributed by atoms with Crippen LogP contribution in [0.5, 0.6) is 5.75 Å². The molecule has 104 valence electrons. The minimum atomic E-state index is -0.120. The number of allylic oxidation sites excluding steroid dienone is 1. The molecule has 0 atom stereocenters. The highest BCUT2D eigenvalue weighted by molar-refractivity contribution is 5.99. The van der Waals surface area contributed by atoms with Gasteiger partial charge >= 0.3 is 0 Å². The fourth-order valence-electron chi connectivity index (χ4n) is 1.45. The van der Waals surface area contributed by atoms with Crippen molar-refractivity contribution in [2.75, 3.05) is 32.6 Å². The Labute approximate surface area is 115 Å². The number of nitrogens with one attached hydrogen (secondary N) is 1. The van der Waals surface area contributed by atoms with Crippen molar-refractivity contribution in [3.63, 3.8) is 0 Å². The zero-order valence-electron chi connectivity index (χ0n) is 12.1. The molecule has 1 rings (SSSR count). The Morgan fingerprint density at radius 1 is 1.37 bits per heavy atom. The summed E-state index contributed by atoms with van der Waals surface area (Å²) in [4.78, 5) is 13.7. The van der Waals surface area contributed by atoms with Gasteiger partial charge in [0.25, 0.3) is 0 Å². The van der Waals surface area contributed by atoms with Gasteiger partial charge in [-0.15, -0.1) is 0 Å². The van der Waals surface area contributed by atoms with Gasteiger partial charge in [0.1, 0.15) is 12.4 Å². The fraction of sp³-hybridized carbons (Fsp3) is 0.400. The van der Waals surface area contributed by atoms with Crippen molar-refractivity contribution in [1.82, 2.24) is 4.90 Å². The summed E-state index contributed by atoms with van der Waals surface area (Å²) in [6.45, 7) is 5.26. The summed E-state index contributed by atoms with van der Waals surface area (Å²) in [5, 5.41) is 2.81. The Bertz CT molecular complexity index is 449. The lowest BCUT2D eigenvalue weighted by Gasteiger charge is -2.11. The third kappa shape index (κ3) is 6.62. The highest BCUT2D eigenvalue weighted by Gasteiger charge is 2.01. The molecule has 0 bridgehead atoms. The second-order valence-electron chi connectivity index (χ2n) is 4.89. The number of ether oxygens (including phenoxy) is 1. The molecule has 1 aromatic carbocycles. The number of anilines is 1. The van der Waals surface area contributed by atoms with Crippen LogP contribution in [-0.4, -0.2) is 38.1 Å². The van der Waals surface area contributed by atoms with Gasteiger partial charge in [-0.05, 0) is 40.1 Å². The van der Waals surface area contributed by atoms with E-state index in [1.165, 1.54) is 0 Å². The third-order valence-corrected chi connectivity index (χ3v) is 2.33. The van der Waals surface area contributed by atoms with Gasteiger partial charge in [-0.3, -0.25) is 4.79 Å². The summed E-state index contributed by atoms with van der Waals surface area (Å²) in [6.07, 6.45) is 1.57. The average Bonchev–Trinajstić information content (AvgIpc) is 2.27. The number of carbonyl (C=O) groups excluding carboxylic acids is 1. The molecule has 1 amide bonds. The maximum Gasteiger partial charge on any atom is 0.248 e. The van der Waals surface area contributed by atoms with E-state index in [0.717, 1.165) is 23.6 Å². The fourth-order valence-corrected chi connectivity index (χ4v) is 1.45. The van der Waals surface area contributed by atoms with Crippen LogP contribution in [0.4, 0.5) is 5.69 Å². The topological polar surface area (TPSA) is 41.6 Å². The highest BCUT2D eigenvalue weighted by Crippen LogP contribution is 2.17. The number of hydrogen-bond donors (Lipinski definition) is 1. The lowest BCUT2D eigenvalue weighted by Crippen LogP contribution is -2.19. The summed E-state index contributed by atoms with van der Waals surface area (Å²) in [5.41, 5.74) is 1.71. The van der Waals surface area contributed by atoms with Crippen molar-refractivity contribution in [1.29, 1.82) is 0 Å². The van der Waals surface area contributed by atoms with Gasteiger partial charge < -0.3 is 15.0 Å². The molecule has 0 unspecified atom stereocenters. The van der Waals surface area contributed by atoms with Crippen LogP contribution in [0.25, 0.3) is 0 Å². The van der Waals surface area contributed by atoms with Gasteiger partial charge in [-0.1, -0.05) is 11.6 Å². The molecule has 0 saturated carbocycles. The Morgan fingerprint density at radius 2 is 2.11 bits per heavy atom. The molecule has 0 aliphatic rings. The first-order chi connectivity index (χ1) is 8.97. The molecular weight excluding hydrogens is 240 g/mol. The van der Waals surface area contributed by atoms with Crippen molar-refractivity contribution in [2.24, 2.45) is 0 Å². The molecule has 0 radical (unpaired) electrons. The van der Waals surface area contributed by atoms with Gasteiger partial charge in [0.15, 0.2) is 0 Å². The molecule has 19 heavy (non-hydrogen) atoms. The van der Waals surface area contributed by atoms with Crippen LogP contribution in [0.3, 0.4) is 0 Å². The second kappa shape index (κ2) is 7.59. The van der Waals surface area contributed by atoms with Crippen LogP contribution >= 0.6 is 0 Å². The van der Waals surface area contributed by atoms with E-state index in [1.807, 2.05) is 52.2 Å². The van der Waals surface area contributed by atoms with E-state index < -0.39 is 0 Å². The molecule has 0 fully saturated rings. The standard InChI is InChI=1S/C15H22N2O2/c1-12(2)10-15(18)16-13-6-5-7-14(11-13)19-9-8-17(3)4/h5-7,10-11H,8-9H2,1-4H3,(H,16,18). The summed E-state index contributed by atoms with van der Waals surface area (Å²) in [7, 11) is 4.00. The van der Waals surface area contributed by atoms with Crippen LogP contribution in [0, 0.1) is 0 Å². The number of carbonyl (C=O) groups is 1. The zero-order valence-corrected chi connectivity index (χ0v) is 12.1. The van der Waals surface area contributed by atoms with Gasteiger partial charge in [0, 0.05) is 24.4 Å². The van der Waals surface area contributed by atoms with Gasteiger partial charge in [-0.25, -0.2) is 0 Å². The van der Waals surface area contributed by atoms with E-state index in [9.17, 15) is 4.79 Å². The lowest BCUT2D eigenvalue weighted by atomic mass is 10.2. The zero-order chi connectivity index (χ0) is 14.3. The van der Waals surface area contributed by atoms with Crippen LogP contribution in [-0.2, 0) is 4.79 Å². The number of hydrogen-bond acceptors (Lipinski definition) is 3. The summed E-state index contributed by atoms with van der Waals surface area (Å²) >= 11 is 0. The van der Waals surface area contributed by atoms with Crippen molar-refractivity contribution >= 4 is 11.6 Å². The number of nitrogens with zero attached hydrogens (tertiary/aromatic N) is 1. The summed E-state index contributed by atoms with van der Waals surface area (Å²) < 4.78 is 5.61. The first-order valence-electron chi connectivity index (χ1n) is 6.31. The summed E-state index contributed by atoms with van der Waals surface area (Å²) in [5.74, 6) is 0.641. The third-order valence-electron chi connectivity index (χ3n) is 2.33. The van der Waals surface area contributed by atoms with Gasteiger partial charge in [0.2, 0.25) is 5.91 Å². The van der Waals surface area contributed by atoms with E-state index >= 15 is 0 Å². The highest BCUT2D eigenvalue weighted by atomic mass is 16.5. The molecule has 0 heterocycles. The van der Waals surface area contributed by atoms with Crippen LogP contribution in [0.2, 0.25) is 0 Å². The van der Waals surface area contributed by atoms with Gasteiger partial charge in [-0.2, -0.15) is 0 Å². The molecule has 0 aliphatic heterocycles. The van der Waals surface area contributed by atoms with Crippen LogP contribution < -0.4 is 10.1 Å². The van der Waals surface area contributed by atoms with E-state index in [2.05, 4.69) is 10.2 Å². The minimum Gasteiger partial charge on any atom is -0.492 e. The minimum absolute atomic E-state index is 0.120. The predicted molar refractivity (Wildman–Crippen MR) is 78.6 cm³/mol. The molecule has 0 aromatic heterocycles. The Hall–Kier alpha value is -1.81. The second-order valence-corrected chi connectivity index (χ2v) is 4.89. The van der Waals surface area contributed by atoms with Gasteiger partial charge in [0.05, 0.1) is 0 Å². The first kappa shape index (κ1) is 15.2. The van der Waals surface area contributed by atoms with E-state index in [0.29, 0.717) is 6.61 Å². The van der Waals surface area contributed by atoms with Crippen molar-refractivity contribution in [3.8, 4) is 5.75 Å². The molecule has 4 heteroatoms. The van der Waals surface area contributed by atoms with E-state index in [-0.39, 0.29) is 5.91 Å². The van der Waals surface area contributed by atoms with Crippen LogP contribution in [0.15, 0.2) is 35.9 Å².